The van der Waals surface area contributed by atoms with Gasteiger partial charge in [-0.3, -0.25) is 9.63 Å². The lowest BCUT2D eigenvalue weighted by atomic mass is 10.1. The minimum absolute atomic E-state index is 0.118. The van der Waals surface area contributed by atoms with Crippen molar-refractivity contribution in [2.24, 2.45) is 0 Å². The number of nitrogens with zero attached hydrogens (tertiary/aromatic N) is 2. The second-order valence-corrected chi connectivity index (χ2v) is 6.22. The second kappa shape index (κ2) is 7.07. The van der Waals surface area contributed by atoms with Crippen molar-refractivity contribution < 1.29 is 14.0 Å². The molecule has 2 heterocycles. The van der Waals surface area contributed by atoms with Crippen molar-refractivity contribution in [3.8, 4) is 0 Å². The summed E-state index contributed by atoms with van der Waals surface area (Å²) >= 11 is 0. The van der Waals surface area contributed by atoms with Gasteiger partial charge in [0.25, 0.3) is 5.91 Å². The lowest BCUT2D eigenvalue weighted by Crippen LogP contribution is -2.26. The Morgan fingerprint density at radius 3 is 2.80 bits per heavy atom. The van der Waals surface area contributed by atoms with Crippen molar-refractivity contribution in [2.45, 2.75) is 25.7 Å². The molecule has 0 N–H and O–H groups in total. The van der Waals surface area contributed by atoms with Crippen molar-refractivity contribution in [3.63, 3.8) is 0 Å². The summed E-state index contributed by atoms with van der Waals surface area (Å²) < 4.78 is 5.80. The number of hydrogen-bond donors (Lipinski definition) is 0. The molecular formula is C20H20N2O3. The average Bonchev–Trinajstić information content (AvgIpc) is 3.31. The molecule has 3 aromatic rings. The van der Waals surface area contributed by atoms with Crippen LogP contribution in [0.25, 0.3) is 11.1 Å². The minimum Gasteiger partial charge on any atom is -0.441 e. The summed E-state index contributed by atoms with van der Waals surface area (Å²) in [4.78, 5) is 22.2. The molecule has 1 aliphatic heterocycles. The molecule has 0 saturated carbocycles. The fraction of sp³-hybridized carbons (Fsp3) is 0.300. The highest BCUT2D eigenvalue weighted by atomic mass is 16.7. The quantitative estimate of drug-likeness (QED) is 0.711. The average molecular weight is 336 g/mol. The number of carbonyl (C=O) groups excluding carboxylic acids is 1. The van der Waals surface area contributed by atoms with Gasteiger partial charge in [-0.25, -0.2) is 10.0 Å². The van der Waals surface area contributed by atoms with Gasteiger partial charge in [-0.15, -0.1) is 0 Å². The predicted octanol–water partition coefficient (Wildman–Crippen LogP) is 3.78. The van der Waals surface area contributed by atoms with Crippen LogP contribution in [0.4, 0.5) is 0 Å². The van der Waals surface area contributed by atoms with Gasteiger partial charge < -0.3 is 4.42 Å². The first-order valence-electron chi connectivity index (χ1n) is 8.68. The largest absolute Gasteiger partial charge is 0.441 e. The predicted molar refractivity (Wildman–Crippen MR) is 94.1 cm³/mol. The van der Waals surface area contributed by atoms with Crippen LogP contribution in [0.3, 0.4) is 0 Å². The van der Waals surface area contributed by atoms with Gasteiger partial charge in [-0.05, 0) is 43.0 Å². The summed E-state index contributed by atoms with van der Waals surface area (Å²) in [5.74, 6) is 0.598. The van der Waals surface area contributed by atoms with E-state index in [0.29, 0.717) is 30.2 Å². The lowest BCUT2D eigenvalue weighted by molar-refractivity contribution is -0.0768. The van der Waals surface area contributed by atoms with E-state index in [1.54, 1.807) is 12.1 Å². The Labute approximate surface area is 146 Å². The van der Waals surface area contributed by atoms with Crippen LogP contribution in [0, 0.1) is 0 Å². The number of aryl methyl sites for hydroxylation is 2. The van der Waals surface area contributed by atoms with E-state index in [1.807, 2.05) is 12.1 Å². The van der Waals surface area contributed by atoms with Crippen molar-refractivity contribution in [3.05, 3.63) is 65.5 Å². The molecule has 1 aromatic heterocycles. The summed E-state index contributed by atoms with van der Waals surface area (Å²) in [6.07, 6.45) is 3.63. The van der Waals surface area contributed by atoms with Gasteiger partial charge in [0.1, 0.15) is 5.52 Å². The highest BCUT2D eigenvalue weighted by molar-refractivity contribution is 5.96. The topological polar surface area (TPSA) is 55.6 Å². The molecule has 5 nitrogen and oxygen atoms in total. The summed E-state index contributed by atoms with van der Waals surface area (Å²) in [6, 6.07) is 15.8. The molecule has 0 aliphatic carbocycles. The van der Waals surface area contributed by atoms with E-state index in [4.69, 9.17) is 9.25 Å². The van der Waals surface area contributed by atoms with Gasteiger partial charge in [0.15, 0.2) is 11.5 Å². The van der Waals surface area contributed by atoms with Crippen LogP contribution in [-0.2, 0) is 17.7 Å². The number of fused-ring (bicyclic) bond motifs is 1. The molecule has 1 fully saturated rings. The molecular weight excluding hydrogens is 316 g/mol. The van der Waals surface area contributed by atoms with Crippen LogP contribution in [0.5, 0.6) is 0 Å². The maximum absolute atomic E-state index is 12.4. The third-order valence-corrected chi connectivity index (χ3v) is 4.36. The molecule has 1 amide bonds. The summed E-state index contributed by atoms with van der Waals surface area (Å²) in [6.45, 7) is 1.24. The lowest BCUT2D eigenvalue weighted by Gasteiger charge is -2.13. The molecule has 2 aromatic carbocycles. The van der Waals surface area contributed by atoms with Crippen molar-refractivity contribution >= 4 is 17.0 Å². The van der Waals surface area contributed by atoms with Crippen LogP contribution in [0.15, 0.2) is 52.9 Å². The van der Waals surface area contributed by atoms with Crippen molar-refractivity contribution in [2.75, 3.05) is 13.2 Å². The Hall–Kier alpha value is -2.66. The van der Waals surface area contributed by atoms with E-state index in [0.717, 1.165) is 31.2 Å². The first-order valence-corrected chi connectivity index (χ1v) is 8.68. The third-order valence-electron chi connectivity index (χ3n) is 4.36. The van der Waals surface area contributed by atoms with Crippen LogP contribution in [0.1, 0.15) is 34.7 Å². The van der Waals surface area contributed by atoms with E-state index >= 15 is 0 Å². The Kier molecular flexibility index (Phi) is 4.48. The van der Waals surface area contributed by atoms with Gasteiger partial charge in [-0.1, -0.05) is 30.3 Å². The SMILES string of the molecule is O=C(c1ccc2oc(CCCc3ccccc3)nc2c1)N1CCCO1. The van der Waals surface area contributed by atoms with Gasteiger partial charge in [0.05, 0.1) is 13.2 Å². The number of aromatic nitrogens is 1. The number of hydrogen-bond acceptors (Lipinski definition) is 4. The second-order valence-electron chi connectivity index (χ2n) is 6.22. The summed E-state index contributed by atoms with van der Waals surface area (Å²) in [5.41, 5.74) is 3.34. The first kappa shape index (κ1) is 15.8. The van der Waals surface area contributed by atoms with Gasteiger partial charge in [-0.2, -0.15) is 0 Å². The standard InChI is InChI=1S/C20H20N2O3/c23-20(22-12-5-13-24-22)16-10-11-18-17(14-16)21-19(25-18)9-4-8-15-6-2-1-3-7-15/h1-3,6-7,10-11,14H,4-5,8-9,12-13H2. The molecule has 128 valence electrons. The molecule has 0 unspecified atom stereocenters. The summed E-state index contributed by atoms with van der Waals surface area (Å²) in [7, 11) is 0. The fourth-order valence-corrected chi connectivity index (χ4v) is 3.06. The van der Waals surface area contributed by atoms with E-state index < -0.39 is 0 Å². The molecule has 0 atom stereocenters. The number of amides is 1. The number of carbonyl (C=O) groups is 1. The molecule has 5 heteroatoms. The molecule has 1 saturated heterocycles. The van der Waals surface area contributed by atoms with E-state index in [2.05, 4.69) is 29.2 Å². The normalized spacial score (nSPS) is 14.3. The summed E-state index contributed by atoms with van der Waals surface area (Å²) in [5, 5.41) is 1.42. The molecule has 0 radical (unpaired) electrons. The highest BCUT2D eigenvalue weighted by Crippen LogP contribution is 2.20. The number of benzene rings is 2. The molecule has 0 bridgehead atoms. The number of rotatable bonds is 5. The Morgan fingerprint density at radius 2 is 2.00 bits per heavy atom. The zero-order chi connectivity index (χ0) is 17.1. The smallest absolute Gasteiger partial charge is 0.277 e. The van der Waals surface area contributed by atoms with Gasteiger partial charge in [0, 0.05) is 12.0 Å². The maximum atomic E-state index is 12.4. The Bertz CT molecular complexity index is 867. The third kappa shape index (κ3) is 3.56. The number of oxazole rings is 1. The van der Waals surface area contributed by atoms with Crippen molar-refractivity contribution in [1.82, 2.24) is 10.0 Å². The first-order chi connectivity index (χ1) is 12.3. The highest BCUT2D eigenvalue weighted by Gasteiger charge is 2.21. The van der Waals surface area contributed by atoms with Gasteiger partial charge in [0.2, 0.25) is 0 Å². The zero-order valence-electron chi connectivity index (χ0n) is 14.0. The molecule has 0 spiro atoms. The van der Waals surface area contributed by atoms with Gasteiger partial charge >= 0.3 is 0 Å². The number of hydroxylamine groups is 2. The van der Waals surface area contributed by atoms with E-state index in [9.17, 15) is 4.79 Å². The maximum Gasteiger partial charge on any atom is 0.277 e. The van der Waals surface area contributed by atoms with Crippen LogP contribution in [0.2, 0.25) is 0 Å². The monoisotopic (exact) mass is 336 g/mol. The van der Waals surface area contributed by atoms with E-state index in [1.165, 1.54) is 10.6 Å². The Balaban J connectivity index is 1.44. The minimum atomic E-state index is -0.118. The van der Waals surface area contributed by atoms with Crippen molar-refractivity contribution in [1.29, 1.82) is 0 Å². The molecule has 1 aliphatic rings. The fourth-order valence-electron chi connectivity index (χ4n) is 3.06. The van der Waals surface area contributed by atoms with Crippen LogP contribution < -0.4 is 0 Å². The Morgan fingerprint density at radius 1 is 1.12 bits per heavy atom. The van der Waals surface area contributed by atoms with E-state index in [-0.39, 0.29) is 5.91 Å². The zero-order valence-corrected chi connectivity index (χ0v) is 14.0. The van der Waals surface area contributed by atoms with Crippen LogP contribution >= 0.6 is 0 Å². The molecule has 25 heavy (non-hydrogen) atoms. The van der Waals surface area contributed by atoms with Crippen LogP contribution in [-0.4, -0.2) is 29.1 Å². The molecule has 4 rings (SSSR count).